The van der Waals surface area contributed by atoms with Crippen molar-refractivity contribution in [3.63, 3.8) is 0 Å². The van der Waals surface area contributed by atoms with E-state index >= 15 is 0 Å². The van der Waals surface area contributed by atoms with E-state index in [1.54, 1.807) is 29.3 Å². The Morgan fingerprint density at radius 1 is 1.22 bits per heavy atom. The number of carboxylic acids is 1. The fraction of sp³-hybridized carbons (Fsp3) is 0.400. The average molecular weight is 378 g/mol. The third-order valence-corrected chi connectivity index (χ3v) is 4.94. The summed E-state index contributed by atoms with van der Waals surface area (Å²) in [7, 11) is 0. The Hall–Kier alpha value is -2.41. The summed E-state index contributed by atoms with van der Waals surface area (Å²) in [5, 5.41) is 9.64. The first-order valence-electron chi connectivity index (χ1n) is 8.86. The van der Waals surface area contributed by atoms with E-state index in [1.165, 1.54) is 12.1 Å². The van der Waals surface area contributed by atoms with E-state index in [-0.39, 0.29) is 5.56 Å². The number of aromatic nitrogens is 1. The number of piperidine rings is 1. The van der Waals surface area contributed by atoms with Gasteiger partial charge in [0.2, 0.25) is 0 Å². The number of hydrogen-bond donors (Lipinski definition) is 1. The standard InChI is InChI=1S/C20H21F3N2O2/c1-13-9-10-16(24-12-13)18(25-11-5-4-8-17(25)19(26)27)14-6-2-3-7-15(14)20(21,22)23/h2-3,6-7,9-10,12,17-18H,4-5,8,11H2,1H3,(H,26,27). The molecule has 144 valence electrons. The molecule has 0 spiro atoms. The van der Waals surface area contributed by atoms with Gasteiger partial charge in [0.1, 0.15) is 6.04 Å². The third-order valence-electron chi connectivity index (χ3n) is 4.94. The van der Waals surface area contributed by atoms with Crippen LogP contribution in [0.1, 0.15) is 47.7 Å². The Labute approximate surface area is 155 Å². The van der Waals surface area contributed by atoms with Crippen molar-refractivity contribution in [2.75, 3.05) is 6.54 Å². The van der Waals surface area contributed by atoms with Crippen molar-refractivity contribution in [3.8, 4) is 0 Å². The quantitative estimate of drug-likeness (QED) is 0.855. The minimum absolute atomic E-state index is 0.0366. The molecule has 1 aromatic heterocycles. The molecule has 1 saturated heterocycles. The summed E-state index contributed by atoms with van der Waals surface area (Å²) in [5.74, 6) is -1.02. The van der Waals surface area contributed by atoms with Crippen LogP contribution >= 0.6 is 0 Å². The highest BCUT2D eigenvalue weighted by atomic mass is 19.4. The molecule has 0 amide bonds. The molecular formula is C20H21F3N2O2. The first kappa shape index (κ1) is 19.4. The van der Waals surface area contributed by atoms with Gasteiger partial charge in [0.25, 0.3) is 0 Å². The molecule has 7 heteroatoms. The second-order valence-corrected chi connectivity index (χ2v) is 6.84. The van der Waals surface area contributed by atoms with Gasteiger partial charge >= 0.3 is 12.1 Å². The second kappa shape index (κ2) is 7.68. The van der Waals surface area contributed by atoms with Gasteiger partial charge < -0.3 is 5.11 Å². The molecule has 0 aliphatic carbocycles. The van der Waals surface area contributed by atoms with Gasteiger partial charge in [-0.3, -0.25) is 14.7 Å². The Morgan fingerprint density at radius 2 is 1.96 bits per heavy atom. The number of aryl methyl sites for hydroxylation is 1. The van der Waals surface area contributed by atoms with Gasteiger partial charge in [-0.1, -0.05) is 30.7 Å². The van der Waals surface area contributed by atoms with Crippen molar-refractivity contribution in [1.82, 2.24) is 9.88 Å². The zero-order valence-electron chi connectivity index (χ0n) is 14.9. The van der Waals surface area contributed by atoms with Crippen LogP contribution < -0.4 is 0 Å². The monoisotopic (exact) mass is 378 g/mol. The number of aliphatic carboxylic acids is 1. The van der Waals surface area contributed by atoms with Crippen LogP contribution in [-0.4, -0.2) is 33.5 Å². The maximum absolute atomic E-state index is 13.7. The van der Waals surface area contributed by atoms with E-state index < -0.39 is 29.8 Å². The molecule has 2 heterocycles. The van der Waals surface area contributed by atoms with Crippen molar-refractivity contribution in [3.05, 3.63) is 65.0 Å². The average Bonchev–Trinajstić information content (AvgIpc) is 2.63. The molecule has 0 bridgehead atoms. The number of alkyl halides is 3. The molecule has 1 fully saturated rings. The molecule has 3 rings (SSSR count). The normalized spacial score (nSPS) is 19.6. The predicted molar refractivity (Wildman–Crippen MR) is 94.2 cm³/mol. The number of rotatable bonds is 4. The summed E-state index contributed by atoms with van der Waals surface area (Å²) in [6.07, 6.45) is -1.05. The number of halogens is 3. The summed E-state index contributed by atoms with van der Waals surface area (Å²) in [6, 6.07) is 7.10. The van der Waals surface area contributed by atoms with Gasteiger partial charge in [-0.15, -0.1) is 0 Å². The SMILES string of the molecule is Cc1ccc(C(c2ccccc2C(F)(F)F)N2CCCCC2C(=O)O)nc1. The molecule has 0 radical (unpaired) electrons. The minimum atomic E-state index is -4.53. The summed E-state index contributed by atoms with van der Waals surface area (Å²) in [5.41, 5.74) is 0.585. The minimum Gasteiger partial charge on any atom is -0.480 e. The van der Waals surface area contributed by atoms with Crippen molar-refractivity contribution < 1.29 is 23.1 Å². The molecule has 0 saturated carbocycles. The van der Waals surface area contributed by atoms with Crippen LogP contribution in [0.3, 0.4) is 0 Å². The molecule has 1 aromatic carbocycles. The predicted octanol–water partition coefficient (Wildman–Crippen LogP) is 4.44. The van der Waals surface area contributed by atoms with Gasteiger partial charge in [0, 0.05) is 6.20 Å². The molecule has 1 aliphatic rings. The lowest BCUT2D eigenvalue weighted by Gasteiger charge is -2.39. The summed E-state index contributed by atoms with van der Waals surface area (Å²) in [4.78, 5) is 17.8. The fourth-order valence-corrected chi connectivity index (χ4v) is 3.67. The Morgan fingerprint density at radius 3 is 2.59 bits per heavy atom. The highest BCUT2D eigenvalue weighted by Gasteiger charge is 2.41. The molecular weight excluding hydrogens is 357 g/mol. The van der Waals surface area contributed by atoms with Gasteiger partial charge in [-0.05, 0) is 49.6 Å². The Kier molecular flexibility index (Phi) is 5.51. The van der Waals surface area contributed by atoms with E-state index in [1.807, 2.05) is 6.92 Å². The van der Waals surface area contributed by atoms with E-state index in [4.69, 9.17) is 0 Å². The first-order chi connectivity index (χ1) is 12.8. The van der Waals surface area contributed by atoms with Crippen molar-refractivity contribution in [2.24, 2.45) is 0 Å². The molecule has 27 heavy (non-hydrogen) atoms. The lowest BCUT2D eigenvalue weighted by molar-refractivity contribution is -0.145. The summed E-state index contributed by atoms with van der Waals surface area (Å²) < 4.78 is 41.0. The van der Waals surface area contributed by atoms with Crippen LogP contribution in [0.5, 0.6) is 0 Å². The van der Waals surface area contributed by atoms with Gasteiger partial charge in [-0.2, -0.15) is 13.2 Å². The van der Waals surface area contributed by atoms with Gasteiger partial charge in [0.15, 0.2) is 0 Å². The highest BCUT2D eigenvalue weighted by Crippen LogP contribution is 2.40. The van der Waals surface area contributed by atoms with Crippen LogP contribution in [0.2, 0.25) is 0 Å². The summed E-state index contributed by atoms with van der Waals surface area (Å²) >= 11 is 0. The molecule has 1 aliphatic heterocycles. The molecule has 2 atom stereocenters. The Balaban J connectivity index is 2.17. The largest absolute Gasteiger partial charge is 0.480 e. The van der Waals surface area contributed by atoms with E-state index in [2.05, 4.69) is 4.98 Å². The van der Waals surface area contributed by atoms with Gasteiger partial charge in [-0.25, -0.2) is 0 Å². The first-order valence-corrected chi connectivity index (χ1v) is 8.86. The maximum atomic E-state index is 13.7. The molecule has 1 N–H and O–H groups in total. The smallest absolute Gasteiger partial charge is 0.416 e. The van der Waals surface area contributed by atoms with Crippen LogP contribution in [0, 0.1) is 6.92 Å². The molecule has 2 aromatic rings. The second-order valence-electron chi connectivity index (χ2n) is 6.84. The zero-order chi connectivity index (χ0) is 19.6. The van der Waals surface area contributed by atoms with Gasteiger partial charge in [0.05, 0.1) is 17.3 Å². The van der Waals surface area contributed by atoms with Crippen molar-refractivity contribution in [2.45, 2.75) is 44.4 Å². The topological polar surface area (TPSA) is 53.4 Å². The van der Waals surface area contributed by atoms with E-state index in [0.717, 1.165) is 24.5 Å². The number of carbonyl (C=O) groups is 1. The molecule has 4 nitrogen and oxygen atoms in total. The lowest BCUT2D eigenvalue weighted by atomic mass is 9.91. The third kappa shape index (κ3) is 4.13. The van der Waals surface area contributed by atoms with Crippen molar-refractivity contribution >= 4 is 5.97 Å². The zero-order valence-corrected chi connectivity index (χ0v) is 14.9. The summed E-state index contributed by atoms with van der Waals surface area (Å²) in [6.45, 7) is 2.25. The lowest BCUT2D eigenvalue weighted by Crippen LogP contribution is -2.47. The van der Waals surface area contributed by atoms with Crippen LogP contribution in [0.15, 0.2) is 42.6 Å². The van der Waals surface area contributed by atoms with Crippen molar-refractivity contribution in [1.29, 1.82) is 0 Å². The number of likely N-dealkylation sites (tertiary alicyclic amines) is 1. The highest BCUT2D eigenvalue weighted by molar-refractivity contribution is 5.73. The number of carboxylic acid groups (broad SMARTS) is 1. The fourth-order valence-electron chi connectivity index (χ4n) is 3.67. The maximum Gasteiger partial charge on any atom is 0.416 e. The number of benzene rings is 1. The molecule has 2 unspecified atom stereocenters. The van der Waals surface area contributed by atoms with E-state index in [0.29, 0.717) is 18.7 Å². The number of hydrogen-bond acceptors (Lipinski definition) is 3. The number of nitrogens with zero attached hydrogens (tertiary/aromatic N) is 2. The van der Waals surface area contributed by atoms with E-state index in [9.17, 15) is 23.1 Å². The van der Waals surface area contributed by atoms with Crippen LogP contribution in [0.25, 0.3) is 0 Å². The Bertz CT molecular complexity index is 806. The number of pyridine rings is 1. The van der Waals surface area contributed by atoms with Crippen LogP contribution in [0.4, 0.5) is 13.2 Å². The van der Waals surface area contributed by atoms with Crippen LogP contribution in [-0.2, 0) is 11.0 Å².